The van der Waals surface area contributed by atoms with E-state index in [4.69, 9.17) is 14.2 Å². The van der Waals surface area contributed by atoms with E-state index in [9.17, 15) is 22.8 Å². The predicted octanol–water partition coefficient (Wildman–Crippen LogP) is 6.13. The highest BCUT2D eigenvalue weighted by Gasteiger charge is 2.60. The smallest absolute Gasteiger partial charge is 0.379 e. The lowest BCUT2D eigenvalue weighted by molar-refractivity contribution is -0.219. The van der Waals surface area contributed by atoms with Gasteiger partial charge in [-0.2, -0.15) is 13.2 Å². The largest absolute Gasteiger partial charge is 0.397 e. The third-order valence-corrected chi connectivity index (χ3v) is 25.1. The van der Waals surface area contributed by atoms with Gasteiger partial charge in [0.1, 0.15) is 78.2 Å². The van der Waals surface area contributed by atoms with E-state index in [1.165, 1.54) is 71.7 Å². The fraction of sp³-hybridized carbons (Fsp3) is 0.825. The predicted molar refractivity (Wildman–Crippen MR) is 405 cm³/mol. The van der Waals surface area contributed by atoms with Crippen LogP contribution in [0.3, 0.4) is 0 Å². The topological polar surface area (TPSA) is 298 Å². The molecular weight excluding hydrogens is 1460 g/mol. The van der Waals surface area contributed by atoms with Gasteiger partial charge in [-0.3, -0.25) is 57.5 Å². The molecule has 112 heavy (non-hydrogen) atoms. The number of hydrogen-bond acceptors (Lipinski definition) is 15. The van der Waals surface area contributed by atoms with Gasteiger partial charge in [0.15, 0.2) is 0 Å². The van der Waals surface area contributed by atoms with Crippen LogP contribution in [0.5, 0.6) is 0 Å². The molecule has 8 aliphatic rings. The maximum Gasteiger partial charge on any atom is 0.397 e. The molecule has 3 N–H and O–H groups in total. The van der Waals surface area contributed by atoms with Gasteiger partial charge in [-0.05, 0) is 147 Å². The summed E-state index contributed by atoms with van der Waals surface area (Å²) < 4.78 is 91.4. The zero-order chi connectivity index (χ0) is 82.6. The van der Waals surface area contributed by atoms with E-state index in [2.05, 4.69) is 22.9 Å². The molecule has 0 radical (unpaired) electrons. The number of alkyl halides is 5. The Kier molecular flexibility index (Phi) is 31.9. The highest BCUT2D eigenvalue weighted by molar-refractivity contribution is 6.01. The number of hydrogen-bond donors (Lipinski definition) is 3. The Morgan fingerprint density at radius 2 is 1.33 bits per heavy atom. The molecule has 32 heteroatoms. The van der Waals surface area contributed by atoms with E-state index < -0.39 is 224 Å². The highest BCUT2D eigenvalue weighted by Crippen LogP contribution is 2.50. The third-order valence-electron chi connectivity index (χ3n) is 25.1. The van der Waals surface area contributed by atoms with Crippen LogP contribution in [0.1, 0.15) is 197 Å². The minimum absolute atomic E-state index is 0.000678. The van der Waals surface area contributed by atoms with Crippen molar-refractivity contribution >= 4 is 70.9 Å². The number of rotatable bonds is 17. The Morgan fingerprint density at radius 3 is 1.94 bits per heavy atom. The molecule has 3 saturated heterocycles. The number of likely N-dealkylation sites (N-methyl/N-ethyl adjacent to an activating group) is 6. The average molecular weight is 1590 g/mol. The minimum atomic E-state index is -5.18. The lowest BCUT2D eigenvalue weighted by Crippen LogP contribution is -2.71. The van der Waals surface area contributed by atoms with Crippen molar-refractivity contribution in [3.05, 3.63) is 12.2 Å². The number of carbonyl (C=O) groups is 12. The number of fused-ring (bicyclic) bond motifs is 4. The maximum absolute atomic E-state index is 15.9. The van der Waals surface area contributed by atoms with Gasteiger partial charge < -0.3 is 74.3 Å². The van der Waals surface area contributed by atoms with Crippen LogP contribution in [0, 0.1) is 35.0 Å². The monoisotopic (exact) mass is 1590 g/mol. The van der Waals surface area contributed by atoms with Crippen LogP contribution in [0.2, 0.25) is 0 Å². The summed E-state index contributed by atoms with van der Waals surface area (Å²) in [5.74, 6) is -12.9. The van der Waals surface area contributed by atoms with E-state index in [1.54, 1.807) is 33.8 Å². The zero-order valence-electron chi connectivity index (χ0n) is 68.5. The summed E-state index contributed by atoms with van der Waals surface area (Å²) in [6.07, 6.45) is -4.58. The molecule has 4 heterocycles. The third kappa shape index (κ3) is 21.5. The molecule has 8 rings (SSSR count). The zero-order valence-corrected chi connectivity index (χ0v) is 68.5. The van der Waals surface area contributed by atoms with Crippen molar-refractivity contribution in [1.29, 1.82) is 0 Å². The van der Waals surface area contributed by atoms with E-state index in [0.29, 0.717) is 50.9 Å². The van der Waals surface area contributed by atoms with E-state index in [-0.39, 0.29) is 96.9 Å². The molecule has 2 bridgehead atoms. The second kappa shape index (κ2) is 39.5. The molecule has 0 aromatic carbocycles. The molecule has 4 saturated carbocycles. The van der Waals surface area contributed by atoms with Gasteiger partial charge in [-0.1, -0.05) is 78.4 Å². The van der Waals surface area contributed by atoms with Gasteiger partial charge in [0.2, 0.25) is 70.9 Å². The molecule has 2 unspecified atom stereocenters. The molecule has 4 aliphatic heterocycles. The Morgan fingerprint density at radius 1 is 0.670 bits per heavy atom. The number of carbonyl (C=O) groups excluding carboxylic acids is 12. The van der Waals surface area contributed by atoms with Gasteiger partial charge >= 0.3 is 6.18 Å². The first-order valence-corrected chi connectivity index (χ1v) is 41.0. The van der Waals surface area contributed by atoms with Gasteiger partial charge in [0.05, 0.1) is 31.8 Å². The summed E-state index contributed by atoms with van der Waals surface area (Å²) in [7, 11) is 8.47. The quantitative estimate of drug-likeness (QED) is 0.109. The minimum Gasteiger partial charge on any atom is -0.379 e. The van der Waals surface area contributed by atoms with Crippen molar-refractivity contribution < 1.29 is 93.7 Å². The average Bonchev–Trinajstić information content (AvgIpc) is 0.920. The van der Waals surface area contributed by atoms with Crippen molar-refractivity contribution in [2.75, 3.05) is 101 Å². The summed E-state index contributed by atoms with van der Waals surface area (Å²) >= 11 is 0. The van der Waals surface area contributed by atoms with Crippen LogP contribution in [0.25, 0.3) is 0 Å². The molecule has 13 atom stereocenters. The molecular formula is C80H127F5N12O15. The number of halogens is 5. The van der Waals surface area contributed by atoms with Crippen LogP contribution in [-0.2, 0) is 71.7 Å². The fourth-order valence-corrected chi connectivity index (χ4v) is 18.8. The SMILES string of the molecule is CCCO[C@H](C)[C@@H]1NC(=O)[C@H](COCC)N(C)C(=O)C[C@@H](C(=O)N(C)CC)N(C)C(=O)[C@H](C2CCCC2)N(C)C(=O)C2(CC(C)(C)C2)NC(=O)[C@@H]2C[C@@H](OCC)CN2C(=O)[C@H](CCC2CC(F)C(C(F)(F)F)C(F)C2)NC(=O)CN(C)C(=O)[C@H](CC2CCC(C)CC2)N2CC/C=C\C[C@@H](C2=O)N(C)C(=O)[C@@H]2CCCN2C1=O. The van der Waals surface area contributed by atoms with Crippen LogP contribution in [-0.4, -0.2) is 307 Å². The molecule has 4 aliphatic carbocycles. The van der Waals surface area contributed by atoms with Gasteiger partial charge in [-0.15, -0.1) is 0 Å². The van der Waals surface area contributed by atoms with Gasteiger partial charge in [0.25, 0.3) is 0 Å². The van der Waals surface area contributed by atoms with Crippen molar-refractivity contribution in [3.63, 3.8) is 0 Å². The maximum atomic E-state index is 15.9. The van der Waals surface area contributed by atoms with Gasteiger partial charge in [0, 0.05) is 94.7 Å². The molecule has 0 aromatic rings. The lowest BCUT2D eigenvalue weighted by atomic mass is 9.58. The molecule has 1 spiro atoms. The first-order chi connectivity index (χ1) is 52.8. The second-order valence-electron chi connectivity index (χ2n) is 34.0. The highest BCUT2D eigenvalue weighted by atomic mass is 19.4. The number of nitrogens with zero attached hydrogens (tertiary/aromatic N) is 9. The summed E-state index contributed by atoms with van der Waals surface area (Å²) in [6.45, 7) is 13.7. The number of ether oxygens (including phenoxy) is 3. The van der Waals surface area contributed by atoms with Crippen molar-refractivity contribution in [2.24, 2.45) is 35.0 Å². The first-order valence-electron chi connectivity index (χ1n) is 41.0. The Balaban J connectivity index is 1.24. The van der Waals surface area contributed by atoms with E-state index >= 15 is 56.7 Å². The fourth-order valence-electron chi connectivity index (χ4n) is 18.8. The molecule has 7 fully saturated rings. The normalized spacial score (nSPS) is 32.7. The molecule has 27 nitrogen and oxygen atoms in total. The van der Waals surface area contributed by atoms with E-state index in [0.717, 1.165) is 40.4 Å². The molecule has 12 amide bonds. The van der Waals surface area contributed by atoms with Crippen molar-refractivity contribution in [2.45, 2.75) is 287 Å². The van der Waals surface area contributed by atoms with Gasteiger partial charge in [-0.25, -0.2) is 8.78 Å². The van der Waals surface area contributed by atoms with Crippen molar-refractivity contribution in [3.8, 4) is 0 Å². The first kappa shape index (κ1) is 90.4. The van der Waals surface area contributed by atoms with Crippen LogP contribution in [0.4, 0.5) is 22.0 Å². The number of nitrogens with one attached hydrogen (secondary N) is 3. The summed E-state index contributed by atoms with van der Waals surface area (Å²) in [4.78, 5) is 196. The summed E-state index contributed by atoms with van der Waals surface area (Å²) in [5.41, 5.74) is -2.32. The summed E-state index contributed by atoms with van der Waals surface area (Å²) in [6, 6.07) is -12.4. The standard InChI is InChI=1S/C80H127F5N12O15/c1-15-37-112-49(6)66-75(107)95-36-24-28-58(95)73(105)92(12)57-27-20-19-23-35-96(74(57)106)61(40-50-31-29-48(5)30-32-50)72(104)90(10)44-63(98)86-56(34-33-51-38-54(81)65(55(82)39-51)80(83,84)85)70(102)97-43-53(111-18-4)41-59(97)69(101)88-79(46-78(7,8)47-79)77(109)94(14)67(52-25-21-22-26-52)76(108)93(13)60(71(103)89(9)16-2)42-64(99)91(11)62(45-110-17-3)68(100)87-66/h19-20,48-62,65-67H,15-18,21-47H2,1-14H3,(H,86,98)(H,87,100)(H,88,101)/b20-19-/t48?,49-,50?,51?,53-,54?,55?,56+,57+,58+,59+,60+,61+,62+,65?,66+,67+/m1/s1. The Bertz CT molecular complexity index is 3340. The van der Waals surface area contributed by atoms with Crippen LogP contribution >= 0.6 is 0 Å². The summed E-state index contributed by atoms with van der Waals surface area (Å²) in [5, 5.41) is 8.62. The van der Waals surface area contributed by atoms with Crippen LogP contribution in [0.15, 0.2) is 12.2 Å². The Hall–Kier alpha value is -7.09. The van der Waals surface area contributed by atoms with Crippen molar-refractivity contribution in [1.82, 2.24) is 60.0 Å². The second-order valence-corrected chi connectivity index (χ2v) is 34.0. The Labute approximate surface area is 657 Å². The lowest BCUT2D eigenvalue weighted by Gasteiger charge is -2.54. The van der Waals surface area contributed by atoms with E-state index in [1.807, 2.05) is 26.8 Å². The number of amides is 12. The molecule has 0 aromatic heterocycles. The molecule has 632 valence electrons. The van der Waals surface area contributed by atoms with Crippen LogP contribution < -0.4 is 16.0 Å².